The predicted octanol–water partition coefficient (Wildman–Crippen LogP) is 2.84. The van der Waals surface area contributed by atoms with E-state index in [4.69, 9.17) is 5.73 Å². The van der Waals surface area contributed by atoms with Crippen molar-refractivity contribution in [2.75, 3.05) is 11.1 Å². The van der Waals surface area contributed by atoms with Crippen LogP contribution in [-0.2, 0) is 7.05 Å². The summed E-state index contributed by atoms with van der Waals surface area (Å²) in [4.78, 5) is 9.12. The summed E-state index contributed by atoms with van der Waals surface area (Å²) in [6.45, 7) is 0. The summed E-state index contributed by atoms with van der Waals surface area (Å²) in [6.07, 6.45) is 13.7. The van der Waals surface area contributed by atoms with Gasteiger partial charge in [0.2, 0.25) is 5.95 Å². The van der Waals surface area contributed by atoms with E-state index in [1.807, 2.05) is 19.4 Å². The first-order valence-electron chi connectivity index (χ1n) is 8.98. The molecule has 0 saturated heterocycles. The fraction of sp³-hybridized carbons (Fsp3) is 0.611. The SMILES string of the molecule is Cn1cc(-c2cnc(NC34CC5CC(CC(C5)C3)C4)nc2N)cn1. The molecule has 2 heterocycles. The van der Waals surface area contributed by atoms with Crippen LogP contribution >= 0.6 is 0 Å². The molecule has 3 N–H and O–H groups in total. The minimum atomic E-state index is 0.205. The molecule has 6 rings (SSSR count). The van der Waals surface area contributed by atoms with Gasteiger partial charge in [-0.1, -0.05) is 0 Å². The van der Waals surface area contributed by atoms with Gasteiger partial charge in [-0.25, -0.2) is 4.98 Å². The van der Waals surface area contributed by atoms with E-state index >= 15 is 0 Å². The first-order valence-corrected chi connectivity index (χ1v) is 8.98. The zero-order chi connectivity index (χ0) is 16.3. The van der Waals surface area contributed by atoms with E-state index in [1.54, 1.807) is 10.9 Å². The highest BCUT2D eigenvalue weighted by Gasteiger charge is 2.51. The Labute approximate surface area is 141 Å². The molecule has 126 valence electrons. The molecule has 4 bridgehead atoms. The van der Waals surface area contributed by atoms with E-state index in [2.05, 4.69) is 20.4 Å². The van der Waals surface area contributed by atoms with Crippen molar-refractivity contribution in [3.8, 4) is 11.1 Å². The summed E-state index contributed by atoms with van der Waals surface area (Å²) in [5.41, 5.74) is 8.21. The lowest BCUT2D eigenvalue weighted by molar-refractivity contribution is 0.0104. The van der Waals surface area contributed by atoms with E-state index in [-0.39, 0.29) is 5.54 Å². The first-order chi connectivity index (χ1) is 11.6. The number of aryl methyl sites for hydroxylation is 1. The summed E-state index contributed by atoms with van der Waals surface area (Å²) in [7, 11) is 1.89. The monoisotopic (exact) mass is 324 g/mol. The van der Waals surface area contributed by atoms with E-state index < -0.39 is 0 Å². The Morgan fingerprint density at radius 2 is 1.79 bits per heavy atom. The average molecular weight is 324 g/mol. The van der Waals surface area contributed by atoms with Gasteiger partial charge < -0.3 is 11.1 Å². The van der Waals surface area contributed by atoms with Crippen molar-refractivity contribution in [1.82, 2.24) is 19.7 Å². The molecular weight excluding hydrogens is 300 g/mol. The molecule has 4 fully saturated rings. The quantitative estimate of drug-likeness (QED) is 0.907. The van der Waals surface area contributed by atoms with E-state index in [1.165, 1.54) is 38.5 Å². The highest BCUT2D eigenvalue weighted by atomic mass is 15.2. The summed E-state index contributed by atoms with van der Waals surface area (Å²) >= 11 is 0. The van der Waals surface area contributed by atoms with Crippen LogP contribution in [0.1, 0.15) is 38.5 Å². The second-order valence-electron chi connectivity index (χ2n) is 8.22. The van der Waals surface area contributed by atoms with Gasteiger partial charge in [-0.05, 0) is 56.3 Å². The van der Waals surface area contributed by atoms with Crippen LogP contribution in [0.4, 0.5) is 11.8 Å². The van der Waals surface area contributed by atoms with E-state index in [0.29, 0.717) is 11.8 Å². The van der Waals surface area contributed by atoms with Crippen LogP contribution in [-0.4, -0.2) is 25.3 Å². The van der Waals surface area contributed by atoms with Crippen molar-refractivity contribution in [1.29, 1.82) is 0 Å². The Balaban J connectivity index is 1.41. The first kappa shape index (κ1) is 14.3. The van der Waals surface area contributed by atoms with Gasteiger partial charge in [-0.15, -0.1) is 0 Å². The Hall–Kier alpha value is -2.11. The molecule has 2 aromatic rings. The topological polar surface area (TPSA) is 81.7 Å². The average Bonchev–Trinajstić information content (AvgIpc) is 2.91. The molecule has 6 heteroatoms. The zero-order valence-corrected chi connectivity index (χ0v) is 14.1. The number of aromatic nitrogens is 4. The van der Waals surface area contributed by atoms with Crippen molar-refractivity contribution in [2.45, 2.75) is 44.1 Å². The molecule has 6 nitrogen and oxygen atoms in total. The van der Waals surface area contributed by atoms with Crippen LogP contribution in [0.25, 0.3) is 11.1 Å². The standard InChI is InChI=1S/C18H24N6/c1-24-10-14(8-21-24)15-9-20-17(22-16(15)19)23-18-5-11-2-12(6-18)4-13(3-11)7-18/h8-13H,2-7H2,1H3,(H3,19,20,22,23). The number of nitrogen functional groups attached to an aromatic ring is 1. The Morgan fingerprint density at radius 1 is 1.12 bits per heavy atom. The third kappa shape index (κ3) is 2.27. The molecular formula is C18H24N6. The van der Waals surface area contributed by atoms with E-state index in [9.17, 15) is 0 Å². The third-order valence-corrected chi connectivity index (χ3v) is 6.25. The highest BCUT2D eigenvalue weighted by Crippen LogP contribution is 2.56. The maximum atomic E-state index is 6.20. The predicted molar refractivity (Wildman–Crippen MR) is 93.2 cm³/mol. The molecule has 2 aromatic heterocycles. The molecule has 0 spiro atoms. The third-order valence-electron chi connectivity index (χ3n) is 6.25. The lowest BCUT2D eigenvalue weighted by Gasteiger charge is -2.56. The molecule has 0 unspecified atom stereocenters. The molecule has 4 aliphatic carbocycles. The van der Waals surface area contributed by atoms with Crippen molar-refractivity contribution in [3.05, 3.63) is 18.6 Å². The van der Waals surface area contributed by atoms with Gasteiger partial charge in [0, 0.05) is 36.1 Å². The number of anilines is 2. The molecule has 0 radical (unpaired) electrons. The number of nitrogens with zero attached hydrogens (tertiary/aromatic N) is 4. The molecule has 0 aromatic carbocycles. The normalized spacial score (nSPS) is 33.8. The number of nitrogens with two attached hydrogens (primary N) is 1. The highest BCUT2D eigenvalue weighted by molar-refractivity contribution is 5.72. The lowest BCUT2D eigenvalue weighted by Crippen LogP contribution is -2.55. The second kappa shape index (κ2) is 4.94. The van der Waals surface area contributed by atoms with Crippen molar-refractivity contribution < 1.29 is 0 Å². The van der Waals surface area contributed by atoms with Crippen LogP contribution in [0.5, 0.6) is 0 Å². The fourth-order valence-electron chi connectivity index (χ4n) is 5.74. The molecule has 4 saturated carbocycles. The van der Waals surface area contributed by atoms with Crippen molar-refractivity contribution >= 4 is 11.8 Å². The minimum absolute atomic E-state index is 0.205. The fourth-order valence-corrected chi connectivity index (χ4v) is 5.74. The van der Waals surface area contributed by atoms with Gasteiger partial charge in [0.15, 0.2) is 0 Å². The molecule has 24 heavy (non-hydrogen) atoms. The smallest absolute Gasteiger partial charge is 0.225 e. The maximum absolute atomic E-state index is 6.20. The van der Waals surface area contributed by atoms with E-state index in [0.717, 1.165) is 28.9 Å². The summed E-state index contributed by atoms with van der Waals surface area (Å²) in [5, 5.41) is 7.88. The van der Waals surface area contributed by atoms with Crippen LogP contribution in [0.15, 0.2) is 18.6 Å². The second-order valence-corrected chi connectivity index (χ2v) is 8.22. The molecule has 4 aliphatic rings. The van der Waals surface area contributed by atoms with Crippen LogP contribution in [0.3, 0.4) is 0 Å². The lowest BCUT2D eigenvalue weighted by atomic mass is 9.53. The summed E-state index contributed by atoms with van der Waals surface area (Å²) in [6, 6.07) is 0. The molecule has 0 amide bonds. The van der Waals surface area contributed by atoms with Crippen LogP contribution in [0, 0.1) is 17.8 Å². The number of rotatable bonds is 3. The van der Waals surface area contributed by atoms with Crippen molar-refractivity contribution in [3.63, 3.8) is 0 Å². The summed E-state index contributed by atoms with van der Waals surface area (Å²) < 4.78 is 1.76. The van der Waals surface area contributed by atoms with Gasteiger partial charge in [0.1, 0.15) is 5.82 Å². The Morgan fingerprint density at radius 3 is 2.33 bits per heavy atom. The van der Waals surface area contributed by atoms with Gasteiger partial charge in [0.05, 0.1) is 6.20 Å². The van der Waals surface area contributed by atoms with Crippen molar-refractivity contribution in [2.24, 2.45) is 24.8 Å². The minimum Gasteiger partial charge on any atom is -0.383 e. The number of nitrogens with one attached hydrogen (secondary N) is 1. The van der Waals surface area contributed by atoms with Gasteiger partial charge in [-0.2, -0.15) is 10.1 Å². The summed E-state index contributed by atoms with van der Waals surface area (Å²) in [5.74, 6) is 3.90. The number of hydrogen-bond donors (Lipinski definition) is 2. The number of hydrogen-bond acceptors (Lipinski definition) is 5. The Bertz CT molecular complexity index is 744. The van der Waals surface area contributed by atoms with Gasteiger partial charge in [-0.3, -0.25) is 4.68 Å². The molecule has 0 aliphatic heterocycles. The zero-order valence-electron chi connectivity index (χ0n) is 14.1. The van der Waals surface area contributed by atoms with Crippen LogP contribution in [0.2, 0.25) is 0 Å². The Kier molecular flexibility index (Phi) is 2.94. The van der Waals surface area contributed by atoms with Gasteiger partial charge >= 0.3 is 0 Å². The molecule has 0 atom stereocenters. The maximum Gasteiger partial charge on any atom is 0.225 e. The van der Waals surface area contributed by atoms with Crippen LogP contribution < -0.4 is 11.1 Å². The largest absolute Gasteiger partial charge is 0.383 e. The van der Waals surface area contributed by atoms with Gasteiger partial charge in [0.25, 0.3) is 0 Å².